The van der Waals surface area contributed by atoms with Gasteiger partial charge in [-0.25, -0.2) is 0 Å². The lowest BCUT2D eigenvalue weighted by atomic mass is 10.2. The summed E-state index contributed by atoms with van der Waals surface area (Å²) in [5.41, 5.74) is 3.38. The van der Waals surface area contributed by atoms with Crippen molar-refractivity contribution in [3.05, 3.63) is 77.6 Å². The number of rotatable bonds is 9. The van der Waals surface area contributed by atoms with E-state index in [4.69, 9.17) is 19.3 Å². The van der Waals surface area contributed by atoms with E-state index in [1.54, 1.807) is 0 Å². The minimum absolute atomic E-state index is 0.0110. The van der Waals surface area contributed by atoms with Gasteiger partial charge in [0.25, 0.3) is 0 Å². The monoisotopic (exact) mass is 421 g/mol. The smallest absolute Gasteiger partial charge is 0.119 e. The molecule has 1 aliphatic rings. The second kappa shape index (κ2) is 10.5. The molecule has 2 aromatic carbocycles. The molecule has 1 aliphatic heterocycles. The number of benzene rings is 2. The van der Waals surface area contributed by atoms with Gasteiger partial charge in [-0.05, 0) is 37.3 Å². The van der Waals surface area contributed by atoms with Gasteiger partial charge in [-0.2, -0.15) is 5.10 Å². The number of para-hydroxylation sites is 1. The molecular formula is C25H31N3O3. The number of aromatic nitrogens is 2. The van der Waals surface area contributed by atoms with E-state index in [2.05, 4.69) is 30.0 Å². The molecule has 2 heterocycles. The highest BCUT2D eigenvalue weighted by atomic mass is 16.5. The van der Waals surface area contributed by atoms with Crippen LogP contribution in [-0.4, -0.2) is 54.1 Å². The lowest BCUT2D eigenvalue weighted by Gasteiger charge is -2.31. The van der Waals surface area contributed by atoms with Gasteiger partial charge in [0.2, 0.25) is 0 Å². The zero-order valence-electron chi connectivity index (χ0n) is 18.4. The van der Waals surface area contributed by atoms with Crippen molar-refractivity contribution in [3.8, 4) is 11.5 Å². The molecule has 4 rings (SSSR count). The zero-order valence-corrected chi connectivity index (χ0v) is 18.4. The lowest BCUT2D eigenvalue weighted by molar-refractivity contribution is -0.0351. The number of hydrogen-bond acceptors (Lipinski definition) is 5. The highest BCUT2D eigenvalue weighted by Gasteiger charge is 2.24. The van der Waals surface area contributed by atoms with Crippen molar-refractivity contribution < 1.29 is 14.2 Å². The maximum Gasteiger partial charge on any atom is 0.119 e. The molecule has 1 fully saturated rings. The fraction of sp³-hybridized carbons (Fsp3) is 0.400. The summed E-state index contributed by atoms with van der Waals surface area (Å²) in [4.78, 5) is 2.38. The topological polar surface area (TPSA) is 48.8 Å². The first-order chi connectivity index (χ1) is 15.2. The molecule has 0 amide bonds. The van der Waals surface area contributed by atoms with Crippen LogP contribution in [0.4, 0.5) is 0 Å². The van der Waals surface area contributed by atoms with Crippen molar-refractivity contribution in [2.75, 3.05) is 39.5 Å². The van der Waals surface area contributed by atoms with Crippen molar-refractivity contribution in [1.29, 1.82) is 0 Å². The third-order valence-corrected chi connectivity index (χ3v) is 5.54. The highest BCUT2D eigenvalue weighted by molar-refractivity contribution is 5.26. The summed E-state index contributed by atoms with van der Waals surface area (Å²) in [7, 11) is 1.98. The van der Waals surface area contributed by atoms with Crippen LogP contribution in [0.2, 0.25) is 0 Å². The summed E-state index contributed by atoms with van der Waals surface area (Å²) in [5.74, 6) is 1.81. The van der Waals surface area contributed by atoms with Gasteiger partial charge in [0, 0.05) is 38.8 Å². The summed E-state index contributed by atoms with van der Waals surface area (Å²) in [6, 6.07) is 20.2. The van der Waals surface area contributed by atoms with Gasteiger partial charge in [0.05, 0.1) is 18.9 Å². The predicted molar refractivity (Wildman–Crippen MR) is 121 cm³/mol. The van der Waals surface area contributed by atoms with Crippen LogP contribution in [0.15, 0.2) is 60.7 Å². The van der Waals surface area contributed by atoms with Crippen molar-refractivity contribution in [3.63, 3.8) is 0 Å². The standard InChI is InChI=1S/C25H31N3O3/c1-20-8-10-23(11-9-20)30-16-13-28-14-17-31-25(19-28)24-18-21(27(2)26-24)12-15-29-22-6-4-3-5-7-22/h3-11,18,25H,12-17,19H2,1-2H3/t25-/m0/s1. The van der Waals surface area contributed by atoms with Gasteiger partial charge in [-0.1, -0.05) is 35.9 Å². The van der Waals surface area contributed by atoms with Crippen LogP contribution in [0.1, 0.15) is 23.1 Å². The van der Waals surface area contributed by atoms with Crippen molar-refractivity contribution in [2.45, 2.75) is 19.4 Å². The molecule has 6 nitrogen and oxygen atoms in total. The Morgan fingerprint density at radius 2 is 1.74 bits per heavy atom. The van der Waals surface area contributed by atoms with E-state index in [-0.39, 0.29) is 6.10 Å². The first kappa shape index (κ1) is 21.4. The van der Waals surface area contributed by atoms with Crippen LogP contribution in [0.5, 0.6) is 11.5 Å². The molecular weight excluding hydrogens is 390 g/mol. The number of morpholine rings is 1. The minimum atomic E-state index is -0.0110. The molecule has 0 radical (unpaired) electrons. The quantitative estimate of drug-likeness (QED) is 0.526. The molecule has 0 unspecified atom stereocenters. The fourth-order valence-electron chi connectivity index (χ4n) is 3.72. The van der Waals surface area contributed by atoms with Crippen LogP contribution in [0.25, 0.3) is 0 Å². The molecule has 0 N–H and O–H groups in total. The Kier molecular flexibility index (Phi) is 7.22. The maximum absolute atomic E-state index is 6.02. The van der Waals surface area contributed by atoms with E-state index in [1.165, 1.54) is 5.56 Å². The summed E-state index contributed by atoms with van der Waals surface area (Å²) in [6.07, 6.45) is 0.794. The Morgan fingerprint density at radius 3 is 2.55 bits per heavy atom. The lowest BCUT2D eigenvalue weighted by Crippen LogP contribution is -2.40. The molecule has 6 heteroatoms. The van der Waals surface area contributed by atoms with E-state index >= 15 is 0 Å². The van der Waals surface area contributed by atoms with Gasteiger partial charge in [-0.3, -0.25) is 9.58 Å². The molecule has 1 aromatic heterocycles. The Balaban J connectivity index is 1.25. The second-order valence-electron chi connectivity index (χ2n) is 7.92. The maximum atomic E-state index is 6.02. The van der Waals surface area contributed by atoms with Crippen LogP contribution in [-0.2, 0) is 18.2 Å². The van der Waals surface area contributed by atoms with Gasteiger partial charge < -0.3 is 14.2 Å². The third kappa shape index (κ3) is 6.09. The molecule has 0 aliphatic carbocycles. The molecule has 0 saturated carbocycles. The Labute approximate surface area is 184 Å². The van der Waals surface area contributed by atoms with Gasteiger partial charge in [-0.15, -0.1) is 0 Å². The highest BCUT2D eigenvalue weighted by Crippen LogP contribution is 2.22. The van der Waals surface area contributed by atoms with Gasteiger partial charge in [0.1, 0.15) is 24.2 Å². The molecule has 0 spiro atoms. The fourth-order valence-corrected chi connectivity index (χ4v) is 3.72. The summed E-state index contributed by atoms with van der Waals surface area (Å²) >= 11 is 0. The van der Waals surface area contributed by atoms with Crippen molar-refractivity contribution in [1.82, 2.24) is 14.7 Å². The van der Waals surface area contributed by atoms with Crippen molar-refractivity contribution in [2.24, 2.45) is 7.05 Å². The largest absolute Gasteiger partial charge is 0.493 e. The summed E-state index contributed by atoms with van der Waals surface area (Å²) in [6.45, 7) is 6.69. The van der Waals surface area contributed by atoms with E-state index < -0.39 is 0 Å². The molecule has 1 saturated heterocycles. The van der Waals surface area contributed by atoms with E-state index in [0.29, 0.717) is 19.8 Å². The van der Waals surface area contributed by atoms with E-state index in [9.17, 15) is 0 Å². The number of aryl methyl sites for hydroxylation is 2. The number of ether oxygens (including phenoxy) is 3. The Morgan fingerprint density at radius 1 is 1.00 bits per heavy atom. The SMILES string of the molecule is Cc1ccc(OCCN2CCO[C@H](c3cc(CCOc4ccccc4)n(C)n3)C2)cc1. The molecule has 164 valence electrons. The number of hydrogen-bond donors (Lipinski definition) is 0. The molecule has 31 heavy (non-hydrogen) atoms. The van der Waals surface area contributed by atoms with Gasteiger partial charge >= 0.3 is 0 Å². The summed E-state index contributed by atoms with van der Waals surface area (Å²) < 4.78 is 19.7. The van der Waals surface area contributed by atoms with Crippen LogP contribution < -0.4 is 9.47 Å². The minimum Gasteiger partial charge on any atom is -0.493 e. The third-order valence-electron chi connectivity index (χ3n) is 5.54. The Hall–Kier alpha value is -2.83. The average Bonchev–Trinajstić information content (AvgIpc) is 3.17. The predicted octanol–water partition coefficient (Wildman–Crippen LogP) is 3.80. The van der Waals surface area contributed by atoms with Crippen molar-refractivity contribution >= 4 is 0 Å². The van der Waals surface area contributed by atoms with Crippen LogP contribution >= 0.6 is 0 Å². The average molecular weight is 422 g/mol. The van der Waals surface area contributed by atoms with Crippen LogP contribution in [0.3, 0.4) is 0 Å². The molecule has 1 atom stereocenters. The first-order valence-electron chi connectivity index (χ1n) is 10.9. The zero-order chi connectivity index (χ0) is 21.5. The normalized spacial score (nSPS) is 16.9. The first-order valence-corrected chi connectivity index (χ1v) is 10.9. The summed E-state index contributed by atoms with van der Waals surface area (Å²) in [5, 5.41) is 4.71. The van der Waals surface area contributed by atoms with Crippen LogP contribution in [0, 0.1) is 6.92 Å². The Bertz CT molecular complexity index is 940. The molecule has 0 bridgehead atoms. The van der Waals surface area contributed by atoms with Gasteiger partial charge in [0.15, 0.2) is 0 Å². The van der Waals surface area contributed by atoms with E-state index in [1.807, 2.05) is 54.2 Å². The number of nitrogens with zero attached hydrogens (tertiary/aromatic N) is 3. The second-order valence-corrected chi connectivity index (χ2v) is 7.92. The van der Waals surface area contributed by atoms with E-state index in [0.717, 1.165) is 48.9 Å². The molecule has 3 aromatic rings.